The number of nitrogens with zero attached hydrogens (tertiary/aromatic N) is 2. The van der Waals surface area contributed by atoms with E-state index in [4.69, 9.17) is 0 Å². The van der Waals surface area contributed by atoms with Crippen molar-refractivity contribution in [2.75, 3.05) is 37.6 Å². The van der Waals surface area contributed by atoms with Crippen molar-refractivity contribution in [1.29, 1.82) is 0 Å². The molecule has 2 amide bonds. The Hall–Kier alpha value is -1.78. The van der Waals surface area contributed by atoms with Gasteiger partial charge in [-0.05, 0) is 24.6 Å². The molecule has 2 rings (SSSR count). The lowest BCUT2D eigenvalue weighted by Gasteiger charge is -2.36. The zero-order chi connectivity index (χ0) is 15.1. The highest BCUT2D eigenvalue weighted by molar-refractivity contribution is 5.74. The van der Waals surface area contributed by atoms with Crippen LogP contribution in [0.1, 0.15) is 26.2 Å². The van der Waals surface area contributed by atoms with Crippen molar-refractivity contribution in [3.8, 4) is 0 Å². The summed E-state index contributed by atoms with van der Waals surface area (Å²) in [4.78, 5) is 15.9. The van der Waals surface area contributed by atoms with Gasteiger partial charge in [0.15, 0.2) is 0 Å². The van der Waals surface area contributed by atoms with Crippen LogP contribution in [0.4, 0.5) is 14.9 Å². The average Bonchev–Trinajstić information content (AvgIpc) is 2.51. The van der Waals surface area contributed by atoms with E-state index in [1.54, 1.807) is 12.1 Å². The predicted octanol–water partition coefficient (Wildman–Crippen LogP) is 2.85. The maximum Gasteiger partial charge on any atom is 0.317 e. The Morgan fingerprint density at radius 1 is 1.24 bits per heavy atom. The van der Waals surface area contributed by atoms with Gasteiger partial charge in [-0.25, -0.2) is 9.18 Å². The van der Waals surface area contributed by atoms with Crippen LogP contribution in [0, 0.1) is 5.82 Å². The van der Waals surface area contributed by atoms with Gasteiger partial charge in [0.2, 0.25) is 0 Å². The largest absolute Gasteiger partial charge is 0.368 e. The number of carbonyl (C=O) groups excluding carboxylic acids is 1. The molecule has 116 valence electrons. The molecule has 1 aliphatic rings. The van der Waals surface area contributed by atoms with Crippen molar-refractivity contribution in [3.63, 3.8) is 0 Å². The van der Waals surface area contributed by atoms with Crippen LogP contribution in [0.5, 0.6) is 0 Å². The number of hydrogen-bond donors (Lipinski definition) is 1. The highest BCUT2D eigenvalue weighted by Crippen LogP contribution is 2.17. The van der Waals surface area contributed by atoms with Gasteiger partial charge in [0.25, 0.3) is 0 Å². The number of carbonyl (C=O) groups is 1. The highest BCUT2D eigenvalue weighted by atomic mass is 19.1. The van der Waals surface area contributed by atoms with Gasteiger partial charge in [0.05, 0.1) is 0 Å². The van der Waals surface area contributed by atoms with Crippen LogP contribution in [-0.2, 0) is 0 Å². The van der Waals surface area contributed by atoms with Crippen LogP contribution < -0.4 is 10.2 Å². The number of amides is 2. The molecule has 1 aliphatic heterocycles. The summed E-state index contributed by atoms with van der Waals surface area (Å²) in [6.45, 7) is 5.73. The minimum absolute atomic E-state index is 0.0185. The Kier molecular flexibility index (Phi) is 5.84. The fraction of sp³-hybridized carbons (Fsp3) is 0.562. The number of halogens is 1. The number of anilines is 1. The van der Waals surface area contributed by atoms with Gasteiger partial charge >= 0.3 is 6.03 Å². The lowest BCUT2D eigenvalue weighted by Crippen LogP contribution is -2.52. The van der Waals surface area contributed by atoms with Crippen molar-refractivity contribution in [2.24, 2.45) is 0 Å². The number of rotatable bonds is 5. The summed E-state index contributed by atoms with van der Waals surface area (Å²) in [5.74, 6) is -0.219. The van der Waals surface area contributed by atoms with Crippen molar-refractivity contribution in [3.05, 3.63) is 30.1 Å². The second-order valence-electron chi connectivity index (χ2n) is 5.39. The second kappa shape index (κ2) is 7.86. The number of urea groups is 1. The van der Waals surface area contributed by atoms with E-state index in [9.17, 15) is 9.18 Å². The summed E-state index contributed by atoms with van der Waals surface area (Å²) in [7, 11) is 0. The summed E-state index contributed by atoms with van der Waals surface area (Å²) in [6.07, 6.45) is 3.33. The Morgan fingerprint density at radius 2 is 2.00 bits per heavy atom. The molecule has 0 atom stereocenters. The first-order valence-corrected chi connectivity index (χ1v) is 7.74. The third-order valence-corrected chi connectivity index (χ3v) is 3.80. The lowest BCUT2D eigenvalue weighted by atomic mass is 10.2. The molecular formula is C16H24FN3O. The molecule has 0 unspecified atom stereocenters. The fourth-order valence-corrected chi connectivity index (χ4v) is 2.52. The summed E-state index contributed by atoms with van der Waals surface area (Å²) >= 11 is 0. The number of piperazine rings is 1. The minimum Gasteiger partial charge on any atom is -0.368 e. The lowest BCUT2D eigenvalue weighted by molar-refractivity contribution is 0.194. The summed E-state index contributed by atoms with van der Waals surface area (Å²) in [5.41, 5.74) is 0.887. The zero-order valence-electron chi connectivity index (χ0n) is 12.6. The van der Waals surface area contributed by atoms with Gasteiger partial charge in [-0.15, -0.1) is 0 Å². The summed E-state index contributed by atoms with van der Waals surface area (Å²) < 4.78 is 13.2. The van der Waals surface area contributed by atoms with E-state index in [0.29, 0.717) is 13.1 Å². The van der Waals surface area contributed by atoms with E-state index in [1.807, 2.05) is 11.0 Å². The molecule has 1 heterocycles. The number of unbranched alkanes of at least 4 members (excludes halogenated alkanes) is 2. The molecule has 1 aromatic rings. The Morgan fingerprint density at radius 3 is 2.67 bits per heavy atom. The van der Waals surface area contributed by atoms with Crippen molar-refractivity contribution < 1.29 is 9.18 Å². The topological polar surface area (TPSA) is 35.6 Å². The van der Waals surface area contributed by atoms with Gasteiger partial charge in [0.1, 0.15) is 5.82 Å². The molecule has 0 saturated carbocycles. The predicted molar refractivity (Wildman–Crippen MR) is 83.1 cm³/mol. The molecule has 0 spiro atoms. The molecule has 1 aromatic carbocycles. The standard InChI is InChI=1S/C16H24FN3O/c1-2-3-4-8-18-16(21)20-11-9-19(10-12-20)15-7-5-6-14(17)13-15/h5-7,13H,2-4,8-12H2,1H3,(H,18,21). The molecular weight excluding hydrogens is 269 g/mol. The Balaban J connectivity index is 1.76. The van der Waals surface area contributed by atoms with Crippen LogP contribution in [0.3, 0.4) is 0 Å². The molecule has 0 radical (unpaired) electrons. The van der Waals surface area contributed by atoms with Gasteiger partial charge in [-0.3, -0.25) is 0 Å². The quantitative estimate of drug-likeness (QED) is 0.847. The van der Waals surface area contributed by atoms with E-state index < -0.39 is 0 Å². The van der Waals surface area contributed by atoms with E-state index in [-0.39, 0.29) is 11.8 Å². The molecule has 4 nitrogen and oxygen atoms in total. The van der Waals surface area contributed by atoms with Crippen molar-refractivity contribution in [1.82, 2.24) is 10.2 Å². The fourth-order valence-electron chi connectivity index (χ4n) is 2.52. The first-order chi connectivity index (χ1) is 10.2. The van der Waals surface area contributed by atoms with E-state index in [0.717, 1.165) is 44.6 Å². The SMILES string of the molecule is CCCCCNC(=O)N1CCN(c2cccc(F)c2)CC1. The third-order valence-electron chi connectivity index (χ3n) is 3.80. The molecule has 1 saturated heterocycles. The van der Waals surface area contributed by atoms with E-state index in [1.165, 1.54) is 6.07 Å². The van der Waals surface area contributed by atoms with Crippen LogP contribution in [-0.4, -0.2) is 43.7 Å². The molecule has 21 heavy (non-hydrogen) atoms. The molecule has 1 fully saturated rings. The van der Waals surface area contributed by atoms with Crippen molar-refractivity contribution in [2.45, 2.75) is 26.2 Å². The van der Waals surface area contributed by atoms with E-state index >= 15 is 0 Å². The third kappa shape index (κ3) is 4.62. The maximum atomic E-state index is 13.2. The Labute approximate surface area is 125 Å². The van der Waals surface area contributed by atoms with Crippen molar-refractivity contribution >= 4 is 11.7 Å². The first-order valence-electron chi connectivity index (χ1n) is 7.74. The van der Waals surface area contributed by atoms with Crippen LogP contribution in [0.2, 0.25) is 0 Å². The maximum absolute atomic E-state index is 13.2. The minimum atomic E-state index is -0.219. The van der Waals surface area contributed by atoms with Crippen LogP contribution in [0.15, 0.2) is 24.3 Å². The molecule has 1 N–H and O–H groups in total. The smallest absolute Gasteiger partial charge is 0.317 e. The van der Waals surface area contributed by atoms with Gasteiger partial charge < -0.3 is 15.1 Å². The molecule has 0 aromatic heterocycles. The molecule has 5 heteroatoms. The van der Waals surface area contributed by atoms with E-state index in [2.05, 4.69) is 17.1 Å². The summed E-state index contributed by atoms with van der Waals surface area (Å²) in [6, 6.07) is 6.63. The number of hydrogen-bond acceptors (Lipinski definition) is 2. The second-order valence-corrected chi connectivity index (χ2v) is 5.39. The number of benzene rings is 1. The average molecular weight is 293 g/mol. The Bertz CT molecular complexity index is 459. The molecule has 0 bridgehead atoms. The summed E-state index contributed by atoms with van der Waals surface area (Å²) in [5, 5.41) is 2.96. The van der Waals surface area contributed by atoms with Gasteiger partial charge in [0, 0.05) is 38.4 Å². The van der Waals surface area contributed by atoms with Gasteiger partial charge in [-0.2, -0.15) is 0 Å². The van der Waals surface area contributed by atoms with Crippen LogP contribution in [0.25, 0.3) is 0 Å². The first kappa shape index (κ1) is 15.6. The van der Waals surface area contributed by atoms with Crippen LogP contribution >= 0.6 is 0 Å². The number of nitrogens with one attached hydrogen (secondary N) is 1. The zero-order valence-corrected chi connectivity index (χ0v) is 12.6. The monoisotopic (exact) mass is 293 g/mol. The highest BCUT2D eigenvalue weighted by Gasteiger charge is 2.20. The normalized spacial score (nSPS) is 15.1. The van der Waals surface area contributed by atoms with Gasteiger partial charge in [-0.1, -0.05) is 25.8 Å². The molecule has 0 aliphatic carbocycles.